The Kier molecular flexibility index (Phi) is 6.50. The summed E-state index contributed by atoms with van der Waals surface area (Å²) in [6.07, 6.45) is 9.25. The van der Waals surface area contributed by atoms with Crippen LogP contribution in [-0.4, -0.2) is 66.9 Å². The molecule has 4 saturated carbocycles. The maximum Gasteiger partial charge on any atom is 0.150 e. The molecule has 5 nitrogen and oxygen atoms in total. The molecule has 1 heterocycles. The summed E-state index contributed by atoms with van der Waals surface area (Å²) < 4.78 is 11.5. The van der Waals surface area contributed by atoms with Crippen molar-refractivity contribution in [1.29, 1.82) is 0 Å². The number of aliphatic hydroxyl groups is 1. The van der Waals surface area contributed by atoms with E-state index in [2.05, 4.69) is 11.8 Å². The number of carbonyl (C=O) groups is 1. The Bertz CT molecular complexity index is 689. The molecule has 0 bridgehead atoms. The Morgan fingerprint density at radius 1 is 1.06 bits per heavy atom. The van der Waals surface area contributed by atoms with Gasteiger partial charge < -0.3 is 14.6 Å². The molecule has 0 spiro atoms. The summed E-state index contributed by atoms with van der Waals surface area (Å²) in [7, 11) is 0. The van der Waals surface area contributed by atoms with Crippen molar-refractivity contribution in [3.05, 3.63) is 0 Å². The number of hydrogen-bond acceptors (Lipinski definition) is 5. The predicted molar refractivity (Wildman–Crippen MR) is 124 cm³/mol. The van der Waals surface area contributed by atoms with E-state index in [1.54, 1.807) is 0 Å². The van der Waals surface area contributed by atoms with Gasteiger partial charge in [-0.25, -0.2) is 0 Å². The highest BCUT2D eigenvalue weighted by Crippen LogP contribution is 2.64. The molecule has 5 aliphatic rings. The highest BCUT2D eigenvalue weighted by molar-refractivity contribution is 5.84. The molecule has 182 valence electrons. The van der Waals surface area contributed by atoms with Gasteiger partial charge in [0.1, 0.15) is 5.78 Å². The van der Waals surface area contributed by atoms with E-state index in [0.717, 1.165) is 57.4 Å². The number of ether oxygens (including phenoxy) is 2. The average Bonchev–Trinajstić information content (AvgIpc) is 3.12. The molecule has 1 saturated heterocycles. The number of ketones is 1. The van der Waals surface area contributed by atoms with E-state index in [1.807, 2.05) is 13.8 Å². The molecule has 0 aromatic heterocycles. The summed E-state index contributed by atoms with van der Waals surface area (Å²) in [5.41, 5.74) is -0.492. The van der Waals surface area contributed by atoms with E-state index in [1.165, 1.54) is 32.1 Å². The maximum atomic E-state index is 13.4. The quantitative estimate of drug-likeness (QED) is 0.692. The average molecular weight is 448 g/mol. The lowest BCUT2D eigenvalue weighted by Crippen LogP contribution is -2.56. The molecule has 0 amide bonds. The smallest absolute Gasteiger partial charge is 0.150 e. The Hall–Kier alpha value is -0.490. The van der Waals surface area contributed by atoms with E-state index in [4.69, 9.17) is 9.47 Å². The first-order valence-corrected chi connectivity index (χ1v) is 13.5. The van der Waals surface area contributed by atoms with Crippen LogP contribution in [0.15, 0.2) is 0 Å². The van der Waals surface area contributed by atoms with Gasteiger partial charge >= 0.3 is 0 Å². The fourth-order valence-corrected chi connectivity index (χ4v) is 9.09. The van der Waals surface area contributed by atoms with E-state index in [0.29, 0.717) is 36.7 Å². The van der Waals surface area contributed by atoms with Crippen LogP contribution in [0.5, 0.6) is 0 Å². The van der Waals surface area contributed by atoms with Crippen LogP contribution in [-0.2, 0) is 14.3 Å². The van der Waals surface area contributed by atoms with Gasteiger partial charge in [0.25, 0.3) is 0 Å². The number of nitrogens with zero attached hydrogens (tertiary/aromatic N) is 1. The largest absolute Gasteiger partial charge is 0.387 e. The van der Waals surface area contributed by atoms with Crippen LogP contribution in [0.4, 0.5) is 0 Å². The van der Waals surface area contributed by atoms with Crippen molar-refractivity contribution in [3.8, 4) is 0 Å². The van der Waals surface area contributed by atoms with E-state index < -0.39 is 5.60 Å². The molecule has 32 heavy (non-hydrogen) atoms. The number of fused-ring (bicyclic) bond motifs is 5. The Morgan fingerprint density at radius 2 is 1.84 bits per heavy atom. The van der Waals surface area contributed by atoms with Crippen molar-refractivity contribution in [2.24, 2.45) is 40.9 Å². The number of Topliss-reactive ketones (excluding diaryl/α,β-unsaturated/α-hetero) is 1. The molecule has 0 aromatic rings. The van der Waals surface area contributed by atoms with Crippen molar-refractivity contribution in [2.45, 2.75) is 83.8 Å². The number of carbonyl (C=O) groups excluding carboxylic acids is 1. The number of rotatable bonds is 5. The molecule has 1 aliphatic heterocycles. The standard InChI is InChI=1S/C27H45NO4/c1-4-32-25-15-21-18(16-27(25,3)30)5-6-20-19(21)9-10-26(2)22(20)7-8-23(26)24(29)17-28-11-13-31-14-12-28/h18-23,25,30H,4-17H2,1-3H3/t18-,19-,20+,21-,22-,23+,25-,26-,27-/m0/s1. The summed E-state index contributed by atoms with van der Waals surface area (Å²) in [6.45, 7) is 11.1. The fraction of sp³-hybridized carbons (Fsp3) is 0.963. The molecule has 5 fully saturated rings. The predicted octanol–water partition coefficient (Wildman–Crippen LogP) is 3.92. The second kappa shape index (κ2) is 8.94. The molecular formula is C27H45NO4. The third-order valence-electron chi connectivity index (χ3n) is 10.6. The topological polar surface area (TPSA) is 59.0 Å². The van der Waals surface area contributed by atoms with E-state index >= 15 is 0 Å². The van der Waals surface area contributed by atoms with Crippen molar-refractivity contribution >= 4 is 5.78 Å². The number of hydrogen-bond donors (Lipinski definition) is 1. The van der Waals surface area contributed by atoms with Crippen molar-refractivity contribution < 1.29 is 19.4 Å². The molecule has 0 radical (unpaired) electrons. The lowest BCUT2D eigenvalue weighted by molar-refractivity contribution is -0.172. The van der Waals surface area contributed by atoms with Gasteiger partial charge in [-0.2, -0.15) is 0 Å². The van der Waals surface area contributed by atoms with Crippen LogP contribution in [0.2, 0.25) is 0 Å². The molecule has 9 atom stereocenters. The molecule has 5 rings (SSSR count). The summed E-state index contributed by atoms with van der Waals surface area (Å²) in [4.78, 5) is 15.7. The third kappa shape index (κ3) is 3.99. The van der Waals surface area contributed by atoms with Gasteiger partial charge in [0.15, 0.2) is 0 Å². The minimum Gasteiger partial charge on any atom is -0.387 e. The lowest BCUT2D eigenvalue weighted by Gasteiger charge is -2.58. The van der Waals surface area contributed by atoms with Crippen LogP contribution in [0.1, 0.15) is 72.1 Å². The fourth-order valence-electron chi connectivity index (χ4n) is 9.09. The Balaban J connectivity index is 1.28. The SMILES string of the molecule is CCO[C@H]1C[C@H]2[C@@H](CC[C@@H]3[C@@H]2CC[C@]2(C)[C@@H](C(=O)CN4CCOCC4)CC[C@@H]32)C[C@]1(C)O. The highest BCUT2D eigenvalue weighted by Gasteiger charge is 2.59. The van der Waals surface area contributed by atoms with Gasteiger partial charge in [0, 0.05) is 25.6 Å². The van der Waals surface area contributed by atoms with Crippen LogP contribution in [0, 0.1) is 40.9 Å². The minimum atomic E-state index is -0.683. The monoisotopic (exact) mass is 447 g/mol. The molecular weight excluding hydrogens is 402 g/mol. The van der Waals surface area contributed by atoms with Crippen molar-refractivity contribution in [3.63, 3.8) is 0 Å². The number of morpholine rings is 1. The first kappa shape index (κ1) is 23.3. The maximum absolute atomic E-state index is 13.4. The van der Waals surface area contributed by atoms with Gasteiger partial charge in [-0.1, -0.05) is 6.92 Å². The summed E-state index contributed by atoms with van der Waals surface area (Å²) in [6, 6.07) is 0. The van der Waals surface area contributed by atoms with Crippen LogP contribution in [0.25, 0.3) is 0 Å². The molecule has 1 N–H and O–H groups in total. The van der Waals surface area contributed by atoms with Crippen molar-refractivity contribution in [1.82, 2.24) is 4.90 Å². The normalized spacial score (nSPS) is 49.2. The molecule has 0 aromatic carbocycles. The first-order valence-electron chi connectivity index (χ1n) is 13.5. The summed E-state index contributed by atoms with van der Waals surface area (Å²) in [5.74, 6) is 4.31. The highest BCUT2D eigenvalue weighted by atomic mass is 16.5. The zero-order valence-electron chi connectivity index (χ0n) is 20.6. The second-order valence-corrected chi connectivity index (χ2v) is 12.2. The van der Waals surface area contributed by atoms with Gasteiger partial charge in [0.2, 0.25) is 0 Å². The Morgan fingerprint density at radius 3 is 2.59 bits per heavy atom. The van der Waals surface area contributed by atoms with Gasteiger partial charge in [-0.05, 0) is 100 Å². The molecule has 0 unspecified atom stereocenters. The van der Waals surface area contributed by atoms with Crippen LogP contribution >= 0.6 is 0 Å². The van der Waals surface area contributed by atoms with Crippen LogP contribution in [0.3, 0.4) is 0 Å². The lowest BCUT2D eigenvalue weighted by atomic mass is 9.48. The van der Waals surface area contributed by atoms with E-state index in [9.17, 15) is 9.90 Å². The van der Waals surface area contributed by atoms with Crippen LogP contribution < -0.4 is 0 Å². The zero-order chi connectivity index (χ0) is 22.5. The van der Waals surface area contributed by atoms with Gasteiger partial charge in [-0.3, -0.25) is 9.69 Å². The molecule has 4 aliphatic carbocycles. The first-order chi connectivity index (χ1) is 15.3. The third-order valence-corrected chi connectivity index (χ3v) is 10.6. The molecule has 5 heteroatoms. The minimum absolute atomic E-state index is 0.0211. The summed E-state index contributed by atoms with van der Waals surface area (Å²) >= 11 is 0. The zero-order valence-corrected chi connectivity index (χ0v) is 20.6. The second-order valence-electron chi connectivity index (χ2n) is 12.2. The van der Waals surface area contributed by atoms with Gasteiger partial charge in [-0.15, -0.1) is 0 Å². The van der Waals surface area contributed by atoms with Gasteiger partial charge in [0.05, 0.1) is 31.5 Å². The van der Waals surface area contributed by atoms with Crippen molar-refractivity contribution in [2.75, 3.05) is 39.5 Å². The Labute approximate surface area is 194 Å². The summed E-state index contributed by atoms with van der Waals surface area (Å²) in [5, 5.41) is 11.0. The van der Waals surface area contributed by atoms with E-state index in [-0.39, 0.29) is 17.4 Å².